The third-order valence-electron chi connectivity index (χ3n) is 2.65. The third kappa shape index (κ3) is 1.95. The molecule has 0 fully saturated rings. The maximum atomic E-state index is 11.5. The highest BCUT2D eigenvalue weighted by atomic mass is 79.9. The lowest BCUT2D eigenvalue weighted by molar-refractivity contribution is 0.869. The fourth-order valence-corrected chi connectivity index (χ4v) is 2.22. The van der Waals surface area contributed by atoms with Crippen molar-refractivity contribution >= 4 is 15.9 Å². The zero-order valence-corrected chi connectivity index (χ0v) is 10.8. The Kier molecular flexibility index (Phi) is 2.97. The van der Waals surface area contributed by atoms with Crippen LogP contribution in [0.15, 0.2) is 45.7 Å². The Morgan fingerprint density at radius 1 is 1.19 bits per heavy atom. The first-order valence-corrected chi connectivity index (χ1v) is 5.81. The number of halogens is 1. The molecule has 2 aromatic rings. The Morgan fingerprint density at radius 3 is 2.62 bits per heavy atom. The summed E-state index contributed by atoms with van der Waals surface area (Å²) < 4.78 is 2.71. The highest BCUT2D eigenvalue weighted by molar-refractivity contribution is 9.10. The van der Waals surface area contributed by atoms with Crippen molar-refractivity contribution in [2.75, 3.05) is 0 Å². The van der Waals surface area contributed by atoms with Gasteiger partial charge in [0.2, 0.25) is 0 Å². The van der Waals surface area contributed by atoms with Crippen molar-refractivity contribution in [1.82, 2.24) is 4.57 Å². The number of hydrogen-bond donors (Lipinski definition) is 0. The van der Waals surface area contributed by atoms with Gasteiger partial charge < -0.3 is 4.57 Å². The van der Waals surface area contributed by atoms with Crippen LogP contribution >= 0.6 is 15.9 Å². The minimum Gasteiger partial charge on any atom is -0.311 e. The van der Waals surface area contributed by atoms with Crippen molar-refractivity contribution in [2.24, 2.45) is 7.05 Å². The summed E-state index contributed by atoms with van der Waals surface area (Å²) in [7, 11) is 1.79. The molecule has 0 aliphatic carbocycles. The van der Waals surface area contributed by atoms with Crippen LogP contribution in [0.1, 0.15) is 5.56 Å². The van der Waals surface area contributed by atoms with Crippen LogP contribution in [0.25, 0.3) is 11.3 Å². The van der Waals surface area contributed by atoms with Gasteiger partial charge in [-0.15, -0.1) is 0 Å². The average Bonchev–Trinajstić information content (AvgIpc) is 2.23. The Labute approximate surface area is 103 Å². The van der Waals surface area contributed by atoms with E-state index in [0.717, 1.165) is 21.3 Å². The summed E-state index contributed by atoms with van der Waals surface area (Å²) in [6, 6.07) is 11.4. The van der Waals surface area contributed by atoms with Gasteiger partial charge in [0.15, 0.2) is 0 Å². The smallest absolute Gasteiger partial charge is 0.250 e. The highest BCUT2D eigenvalue weighted by Gasteiger charge is 2.05. The van der Waals surface area contributed by atoms with Crippen LogP contribution in [0.4, 0.5) is 0 Å². The Balaban J connectivity index is 2.68. The molecule has 0 atom stereocenters. The molecule has 3 heteroatoms. The zero-order chi connectivity index (χ0) is 11.7. The Morgan fingerprint density at radius 2 is 1.94 bits per heavy atom. The standard InChI is InChI=1S/C13H12BrNO/c1-9-8-10(14)6-7-11(9)12-4-3-5-13(16)15(12)2/h3-8H,1-2H3. The van der Waals surface area contributed by atoms with Crippen LogP contribution in [0, 0.1) is 6.92 Å². The molecule has 1 heterocycles. The summed E-state index contributed by atoms with van der Waals surface area (Å²) >= 11 is 3.43. The van der Waals surface area contributed by atoms with Crippen LogP contribution in [0.3, 0.4) is 0 Å². The second kappa shape index (κ2) is 4.26. The molecular weight excluding hydrogens is 266 g/mol. The molecule has 0 saturated carbocycles. The normalized spacial score (nSPS) is 10.4. The maximum Gasteiger partial charge on any atom is 0.250 e. The lowest BCUT2D eigenvalue weighted by Crippen LogP contribution is -2.16. The Bertz CT molecular complexity index is 587. The van der Waals surface area contributed by atoms with E-state index in [-0.39, 0.29) is 5.56 Å². The molecule has 0 saturated heterocycles. The minimum atomic E-state index is 0.0137. The second-order valence-corrected chi connectivity index (χ2v) is 4.68. The molecule has 0 radical (unpaired) electrons. The predicted octanol–water partition coefficient (Wildman–Crippen LogP) is 3.12. The summed E-state index contributed by atoms with van der Waals surface area (Å²) in [6.45, 7) is 2.04. The van der Waals surface area contributed by atoms with Crippen molar-refractivity contribution in [3.05, 3.63) is 56.8 Å². The lowest BCUT2D eigenvalue weighted by atomic mass is 10.1. The van der Waals surface area contributed by atoms with Gasteiger partial charge >= 0.3 is 0 Å². The van der Waals surface area contributed by atoms with Crippen LogP contribution in [-0.2, 0) is 7.05 Å². The van der Waals surface area contributed by atoms with Crippen LogP contribution in [0.2, 0.25) is 0 Å². The van der Waals surface area contributed by atoms with Crippen LogP contribution in [0.5, 0.6) is 0 Å². The highest BCUT2D eigenvalue weighted by Crippen LogP contribution is 2.24. The Hall–Kier alpha value is -1.35. The number of rotatable bonds is 1. The summed E-state index contributed by atoms with van der Waals surface area (Å²) in [5, 5.41) is 0. The fourth-order valence-electron chi connectivity index (χ4n) is 1.75. The molecule has 2 rings (SSSR count). The maximum absolute atomic E-state index is 11.5. The average molecular weight is 278 g/mol. The van der Waals surface area contributed by atoms with Crippen molar-refractivity contribution in [3.63, 3.8) is 0 Å². The third-order valence-corrected chi connectivity index (χ3v) is 3.14. The van der Waals surface area contributed by atoms with Gasteiger partial charge in [0.25, 0.3) is 5.56 Å². The van der Waals surface area contributed by atoms with Crippen LogP contribution in [-0.4, -0.2) is 4.57 Å². The van der Waals surface area contributed by atoms with Gasteiger partial charge in [-0.1, -0.05) is 28.1 Å². The first-order valence-electron chi connectivity index (χ1n) is 5.02. The monoisotopic (exact) mass is 277 g/mol. The van der Waals surface area contributed by atoms with E-state index in [1.807, 2.05) is 31.2 Å². The van der Waals surface area contributed by atoms with E-state index in [1.54, 1.807) is 23.7 Å². The van der Waals surface area contributed by atoms with Gasteiger partial charge in [-0.25, -0.2) is 0 Å². The van der Waals surface area contributed by atoms with Gasteiger partial charge in [-0.3, -0.25) is 4.79 Å². The molecule has 0 N–H and O–H groups in total. The van der Waals surface area contributed by atoms with Gasteiger partial charge in [-0.2, -0.15) is 0 Å². The van der Waals surface area contributed by atoms with E-state index in [9.17, 15) is 4.79 Å². The number of nitrogens with zero attached hydrogens (tertiary/aromatic N) is 1. The SMILES string of the molecule is Cc1cc(Br)ccc1-c1cccc(=O)n1C. The van der Waals surface area contributed by atoms with Gasteiger partial charge in [-0.05, 0) is 30.7 Å². The first-order chi connectivity index (χ1) is 7.59. The molecule has 2 nitrogen and oxygen atoms in total. The topological polar surface area (TPSA) is 22.0 Å². The minimum absolute atomic E-state index is 0.0137. The number of pyridine rings is 1. The van der Waals surface area contributed by atoms with Crippen LogP contribution < -0.4 is 5.56 Å². The largest absolute Gasteiger partial charge is 0.311 e. The van der Waals surface area contributed by atoms with E-state index in [0.29, 0.717) is 0 Å². The van der Waals surface area contributed by atoms with E-state index in [2.05, 4.69) is 15.9 Å². The molecule has 1 aromatic carbocycles. The number of aromatic nitrogens is 1. The first kappa shape index (κ1) is 11.1. The number of hydrogen-bond acceptors (Lipinski definition) is 1. The van der Waals surface area contributed by atoms with Crippen molar-refractivity contribution in [3.8, 4) is 11.3 Å². The molecule has 1 aromatic heterocycles. The molecule has 0 bridgehead atoms. The molecular formula is C13H12BrNO. The van der Waals surface area contributed by atoms with Gasteiger partial charge in [0, 0.05) is 23.2 Å². The molecule has 16 heavy (non-hydrogen) atoms. The van der Waals surface area contributed by atoms with Crippen molar-refractivity contribution in [2.45, 2.75) is 6.92 Å². The van der Waals surface area contributed by atoms with Crippen molar-refractivity contribution in [1.29, 1.82) is 0 Å². The second-order valence-electron chi connectivity index (χ2n) is 3.77. The van der Waals surface area contributed by atoms with Crippen molar-refractivity contribution < 1.29 is 0 Å². The molecule has 0 spiro atoms. The summed E-state index contributed by atoms with van der Waals surface area (Å²) in [4.78, 5) is 11.5. The summed E-state index contributed by atoms with van der Waals surface area (Å²) in [6.07, 6.45) is 0. The molecule has 0 aliphatic heterocycles. The van der Waals surface area contributed by atoms with E-state index >= 15 is 0 Å². The predicted molar refractivity (Wildman–Crippen MR) is 69.6 cm³/mol. The van der Waals surface area contributed by atoms with E-state index < -0.39 is 0 Å². The number of aryl methyl sites for hydroxylation is 1. The van der Waals surface area contributed by atoms with E-state index in [4.69, 9.17) is 0 Å². The summed E-state index contributed by atoms with van der Waals surface area (Å²) in [5.41, 5.74) is 3.19. The van der Waals surface area contributed by atoms with E-state index in [1.165, 1.54) is 0 Å². The molecule has 0 aliphatic rings. The zero-order valence-electron chi connectivity index (χ0n) is 9.20. The quantitative estimate of drug-likeness (QED) is 0.785. The lowest BCUT2D eigenvalue weighted by Gasteiger charge is -2.10. The molecule has 0 amide bonds. The molecule has 0 unspecified atom stereocenters. The van der Waals surface area contributed by atoms with Gasteiger partial charge in [0.05, 0.1) is 5.69 Å². The fraction of sp³-hybridized carbons (Fsp3) is 0.154. The molecule has 82 valence electrons. The van der Waals surface area contributed by atoms with Gasteiger partial charge in [0.1, 0.15) is 0 Å². The summed E-state index contributed by atoms with van der Waals surface area (Å²) in [5.74, 6) is 0. The number of benzene rings is 1.